The van der Waals surface area contributed by atoms with Gasteiger partial charge in [-0.2, -0.15) is 13.2 Å². The molecule has 29 heavy (non-hydrogen) atoms. The number of alkyl halides is 3. The third kappa shape index (κ3) is 5.57. The highest BCUT2D eigenvalue weighted by atomic mass is 35.5. The Morgan fingerprint density at radius 2 is 1.76 bits per heavy atom. The second-order valence-electron chi connectivity index (χ2n) is 6.32. The van der Waals surface area contributed by atoms with Gasteiger partial charge < -0.3 is 10.1 Å². The second-order valence-corrected chi connectivity index (χ2v) is 6.70. The number of benzene rings is 1. The van der Waals surface area contributed by atoms with E-state index in [0.29, 0.717) is 29.0 Å². The average molecular weight is 423 g/mol. The van der Waals surface area contributed by atoms with E-state index < -0.39 is 11.7 Å². The molecule has 1 N–H and O–H groups in total. The molecular formula is C20H18ClF3N4O. The first-order chi connectivity index (χ1) is 13.7. The van der Waals surface area contributed by atoms with E-state index in [2.05, 4.69) is 20.3 Å². The number of aromatic nitrogens is 3. The van der Waals surface area contributed by atoms with Crippen molar-refractivity contribution < 1.29 is 17.9 Å². The van der Waals surface area contributed by atoms with Crippen LogP contribution in [0.15, 0.2) is 42.6 Å². The minimum atomic E-state index is -4.42. The van der Waals surface area contributed by atoms with Gasteiger partial charge in [0.1, 0.15) is 22.4 Å². The number of anilines is 1. The Kier molecular flexibility index (Phi) is 6.22. The lowest BCUT2D eigenvalue weighted by molar-refractivity contribution is -0.137. The maximum absolute atomic E-state index is 12.6. The molecule has 0 aliphatic carbocycles. The van der Waals surface area contributed by atoms with E-state index in [1.54, 1.807) is 19.1 Å². The largest absolute Gasteiger partial charge is 0.439 e. The van der Waals surface area contributed by atoms with Crippen LogP contribution in [-0.2, 0) is 12.6 Å². The predicted molar refractivity (Wildman–Crippen MR) is 104 cm³/mol. The Bertz CT molecular complexity index is 977. The van der Waals surface area contributed by atoms with Gasteiger partial charge in [-0.15, -0.1) is 0 Å². The summed E-state index contributed by atoms with van der Waals surface area (Å²) in [6.07, 6.45) is -2.96. The molecule has 0 aliphatic rings. The molecule has 0 spiro atoms. The lowest BCUT2D eigenvalue weighted by Gasteiger charge is -2.10. The molecule has 0 radical (unpaired) electrons. The normalized spacial score (nSPS) is 11.4. The number of ether oxygens (including phenoxy) is 1. The van der Waals surface area contributed by atoms with Crippen LogP contribution in [-0.4, -0.2) is 21.5 Å². The molecule has 0 saturated carbocycles. The summed E-state index contributed by atoms with van der Waals surface area (Å²) in [5.74, 6) is 1.83. The summed E-state index contributed by atoms with van der Waals surface area (Å²) in [5, 5.41) is 3.70. The maximum atomic E-state index is 12.6. The van der Waals surface area contributed by atoms with E-state index in [9.17, 15) is 13.2 Å². The lowest BCUT2D eigenvalue weighted by Crippen LogP contribution is -2.09. The zero-order chi connectivity index (χ0) is 21.0. The van der Waals surface area contributed by atoms with Crippen molar-refractivity contribution in [3.63, 3.8) is 0 Å². The first-order valence-corrected chi connectivity index (χ1v) is 9.15. The smallest absolute Gasteiger partial charge is 0.417 e. The topological polar surface area (TPSA) is 59.9 Å². The van der Waals surface area contributed by atoms with Crippen LogP contribution in [0.1, 0.15) is 22.6 Å². The van der Waals surface area contributed by atoms with Crippen molar-refractivity contribution in [2.45, 2.75) is 26.4 Å². The second kappa shape index (κ2) is 8.65. The van der Waals surface area contributed by atoms with Gasteiger partial charge in [-0.3, -0.25) is 0 Å². The molecule has 1 aromatic carbocycles. The molecule has 9 heteroatoms. The SMILES string of the molecule is Cc1nc(C)c(Cl)c(NCCc2ccc(Oc3ccc(C(F)(F)F)cn3)cc2)n1. The Morgan fingerprint density at radius 1 is 1.03 bits per heavy atom. The van der Waals surface area contributed by atoms with Crippen molar-refractivity contribution in [2.24, 2.45) is 0 Å². The molecule has 3 rings (SSSR count). The Labute approximate surface area is 170 Å². The molecule has 0 unspecified atom stereocenters. The number of hydrogen-bond donors (Lipinski definition) is 1. The van der Waals surface area contributed by atoms with Crippen LogP contribution in [0.2, 0.25) is 5.02 Å². The van der Waals surface area contributed by atoms with Crippen LogP contribution in [0, 0.1) is 13.8 Å². The number of nitrogens with zero attached hydrogens (tertiary/aromatic N) is 3. The predicted octanol–water partition coefficient (Wildman–Crippen LogP) is 5.61. The van der Waals surface area contributed by atoms with Gasteiger partial charge in [0, 0.05) is 18.8 Å². The van der Waals surface area contributed by atoms with E-state index in [1.807, 2.05) is 19.1 Å². The van der Waals surface area contributed by atoms with Gasteiger partial charge in [0.25, 0.3) is 0 Å². The van der Waals surface area contributed by atoms with Gasteiger partial charge in [0.05, 0.1) is 11.3 Å². The fourth-order valence-electron chi connectivity index (χ4n) is 2.59. The summed E-state index contributed by atoms with van der Waals surface area (Å²) in [5.41, 5.74) is 0.950. The fourth-order valence-corrected chi connectivity index (χ4v) is 2.75. The van der Waals surface area contributed by atoms with E-state index in [0.717, 1.165) is 29.9 Å². The van der Waals surface area contributed by atoms with Crippen LogP contribution < -0.4 is 10.1 Å². The van der Waals surface area contributed by atoms with E-state index in [1.165, 1.54) is 6.07 Å². The van der Waals surface area contributed by atoms with Gasteiger partial charge in [-0.1, -0.05) is 23.7 Å². The number of aryl methyl sites for hydroxylation is 2. The van der Waals surface area contributed by atoms with Crippen LogP contribution in [0.4, 0.5) is 19.0 Å². The standard InChI is InChI=1S/C20H18ClF3N4O/c1-12-18(21)19(28-13(2)27-12)25-10-9-14-3-6-16(7-4-14)29-17-8-5-15(11-26-17)20(22,23)24/h3-8,11H,9-10H2,1-2H3,(H,25,27,28). The Balaban J connectivity index is 1.55. The summed E-state index contributed by atoms with van der Waals surface area (Å²) >= 11 is 6.21. The van der Waals surface area contributed by atoms with Gasteiger partial charge in [0.2, 0.25) is 5.88 Å². The highest BCUT2D eigenvalue weighted by molar-refractivity contribution is 6.33. The van der Waals surface area contributed by atoms with Gasteiger partial charge in [0.15, 0.2) is 0 Å². The van der Waals surface area contributed by atoms with E-state index >= 15 is 0 Å². The summed E-state index contributed by atoms with van der Waals surface area (Å²) in [4.78, 5) is 12.2. The van der Waals surface area contributed by atoms with Crippen molar-refractivity contribution in [1.82, 2.24) is 15.0 Å². The molecule has 2 aromatic heterocycles. The number of pyridine rings is 1. The number of hydrogen-bond acceptors (Lipinski definition) is 5. The average Bonchev–Trinajstić information content (AvgIpc) is 2.66. The first kappa shape index (κ1) is 20.9. The summed E-state index contributed by atoms with van der Waals surface area (Å²) in [6, 6.07) is 9.35. The molecule has 0 bridgehead atoms. The van der Waals surface area contributed by atoms with Crippen molar-refractivity contribution in [3.8, 4) is 11.6 Å². The molecule has 0 amide bonds. The highest BCUT2D eigenvalue weighted by Gasteiger charge is 2.30. The molecule has 3 aromatic rings. The minimum Gasteiger partial charge on any atom is -0.439 e. The molecule has 2 heterocycles. The first-order valence-electron chi connectivity index (χ1n) is 8.77. The van der Waals surface area contributed by atoms with Crippen molar-refractivity contribution in [2.75, 3.05) is 11.9 Å². The van der Waals surface area contributed by atoms with Crippen LogP contribution >= 0.6 is 11.6 Å². The van der Waals surface area contributed by atoms with Gasteiger partial charge >= 0.3 is 6.18 Å². The molecule has 0 saturated heterocycles. The van der Waals surface area contributed by atoms with Gasteiger partial charge in [-0.05, 0) is 44.0 Å². The number of rotatable bonds is 6. The van der Waals surface area contributed by atoms with Crippen LogP contribution in [0.3, 0.4) is 0 Å². The molecular weight excluding hydrogens is 405 g/mol. The van der Waals surface area contributed by atoms with Crippen molar-refractivity contribution in [3.05, 3.63) is 70.3 Å². The molecule has 152 valence electrons. The Hall–Kier alpha value is -2.87. The molecule has 5 nitrogen and oxygen atoms in total. The molecule has 0 atom stereocenters. The third-order valence-electron chi connectivity index (χ3n) is 4.04. The van der Waals surface area contributed by atoms with Crippen molar-refractivity contribution in [1.29, 1.82) is 0 Å². The molecule has 0 aliphatic heterocycles. The minimum absolute atomic E-state index is 0.0940. The summed E-state index contributed by atoms with van der Waals surface area (Å²) in [6.45, 7) is 4.25. The summed E-state index contributed by atoms with van der Waals surface area (Å²) < 4.78 is 43.2. The quantitative estimate of drug-likeness (QED) is 0.559. The maximum Gasteiger partial charge on any atom is 0.417 e. The number of nitrogens with one attached hydrogen (secondary N) is 1. The lowest BCUT2D eigenvalue weighted by atomic mass is 10.1. The zero-order valence-electron chi connectivity index (χ0n) is 15.7. The van der Waals surface area contributed by atoms with Crippen molar-refractivity contribution >= 4 is 17.4 Å². The third-order valence-corrected chi connectivity index (χ3v) is 4.50. The zero-order valence-corrected chi connectivity index (χ0v) is 16.5. The summed E-state index contributed by atoms with van der Waals surface area (Å²) in [7, 11) is 0. The van der Waals surface area contributed by atoms with E-state index in [4.69, 9.17) is 16.3 Å². The van der Waals surface area contributed by atoms with Crippen LogP contribution in [0.25, 0.3) is 0 Å². The highest BCUT2D eigenvalue weighted by Crippen LogP contribution is 2.30. The monoisotopic (exact) mass is 422 g/mol. The fraction of sp³-hybridized carbons (Fsp3) is 0.250. The Morgan fingerprint density at radius 3 is 2.38 bits per heavy atom. The molecule has 0 fully saturated rings. The van der Waals surface area contributed by atoms with E-state index in [-0.39, 0.29) is 5.88 Å². The number of halogens is 4. The van der Waals surface area contributed by atoms with Crippen LogP contribution in [0.5, 0.6) is 11.6 Å². The van der Waals surface area contributed by atoms with Gasteiger partial charge in [-0.25, -0.2) is 15.0 Å².